The maximum atomic E-state index is 10.4. The van der Waals surface area contributed by atoms with Crippen molar-refractivity contribution in [1.82, 2.24) is 0 Å². The lowest BCUT2D eigenvalue weighted by Crippen LogP contribution is -2.13. The normalized spacial score (nSPS) is 24.7. The van der Waals surface area contributed by atoms with Gasteiger partial charge in [-0.3, -0.25) is 0 Å². The summed E-state index contributed by atoms with van der Waals surface area (Å²) < 4.78 is 9.44. The zero-order valence-electron chi connectivity index (χ0n) is 6.16. The van der Waals surface area contributed by atoms with Crippen LogP contribution in [0, 0.1) is 0 Å². The number of hydrogen-bond acceptors (Lipinski definition) is 3. The maximum absolute atomic E-state index is 10.4. The topological polar surface area (TPSA) is 35.5 Å². The molecule has 58 valence electrons. The molecular formula is C6H11O3P. The lowest BCUT2D eigenvalue weighted by Gasteiger charge is -2.08. The zero-order chi connectivity index (χ0) is 7.56. The highest BCUT2D eigenvalue weighted by Crippen LogP contribution is 2.27. The highest BCUT2D eigenvalue weighted by molar-refractivity contribution is 7.56. The van der Waals surface area contributed by atoms with Crippen molar-refractivity contribution in [3.8, 4) is 0 Å². The van der Waals surface area contributed by atoms with E-state index < -0.39 is 6.16 Å². The largest absolute Gasteiger partial charge is 0.508 e. The highest BCUT2D eigenvalue weighted by atomic mass is 31.1. The third kappa shape index (κ3) is 2.14. The predicted molar refractivity (Wildman–Crippen MR) is 39.9 cm³/mol. The third-order valence-electron chi connectivity index (χ3n) is 1.22. The zero-order valence-corrected chi connectivity index (χ0v) is 7.06. The molecule has 0 N–H and O–H groups in total. The second-order valence-corrected chi connectivity index (χ2v) is 5.09. The van der Waals surface area contributed by atoms with E-state index in [0.717, 1.165) is 6.16 Å². The van der Waals surface area contributed by atoms with Crippen molar-refractivity contribution >= 4 is 14.1 Å². The molecule has 0 saturated carbocycles. The minimum atomic E-state index is -0.512. The van der Waals surface area contributed by atoms with Gasteiger partial charge in [0, 0.05) is 6.16 Å². The Hall–Kier alpha value is -0.300. The second kappa shape index (κ2) is 3.20. The van der Waals surface area contributed by atoms with E-state index in [0.29, 0.717) is 6.61 Å². The van der Waals surface area contributed by atoms with Crippen molar-refractivity contribution < 1.29 is 14.3 Å². The fourth-order valence-corrected chi connectivity index (χ4v) is 1.86. The summed E-state index contributed by atoms with van der Waals surface area (Å²) in [5, 5.41) is 0. The fraction of sp³-hybridized carbons (Fsp3) is 0.833. The minimum Gasteiger partial charge on any atom is -0.430 e. The molecule has 0 spiro atoms. The van der Waals surface area contributed by atoms with Gasteiger partial charge < -0.3 is 9.47 Å². The molecule has 0 radical (unpaired) electrons. The molecule has 0 aromatic rings. The average Bonchev–Trinajstić information content (AvgIpc) is 2.13. The molecule has 4 heteroatoms. The summed E-state index contributed by atoms with van der Waals surface area (Å²) in [7, 11) is 0.0122. The van der Waals surface area contributed by atoms with Gasteiger partial charge in [-0.15, -0.1) is 7.92 Å². The summed E-state index contributed by atoms with van der Waals surface area (Å²) in [5.41, 5.74) is 0. The first-order valence-electron chi connectivity index (χ1n) is 3.16. The van der Waals surface area contributed by atoms with Crippen LogP contribution in [0.15, 0.2) is 0 Å². The molecule has 1 aliphatic rings. The van der Waals surface area contributed by atoms with Crippen molar-refractivity contribution in [3.63, 3.8) is 0 Å². The van der Waals surface area contributed by atoms with Crippen molar-refractivity contribution in [2.45, 2.75) is 6.10 Å². The van der Waals surface area contributed by atoms with Crippen molar-refractivity contribution in [2.24, 2.45) is 0 Å². The summed E-state index contributed by atoms with van der Waals surface area (Å²) >= 11 is 0. The van der Waals surface area contributed by atoms with Gasteiger partial charge in [-0.1, -0.05) is 0 Å². The summed E-state index contributed by atoms with van der Waals surface area (Å²) in [6, 6.07) is 0. The Morgan fingerprint density at radius 1 is 1.70 bits per heavy atom. The summed E-state index contributed by atoms with van der Waals surface area (Å²) in [6.45, 7) is 4.75. The molecule has 0 bridgehead atoms. The van der Waals surface area contributed by atoms with E-state index >= 15 is 0 Å². The van der Waals surface area contributed by atoms with Crippen LogP contribution in [0.1, 0.15) is 0 Å². The van der Waals surface area contributed by atoms with E-state index in [9.17, 15) is 4.79 Å². The quantitative estimate of drug-likeness (QED) is 0.453. The summed E-state index contributed by atoms with van der Waals surface area (Å²) in [5.74, 6) is 0. The van der Waals surface area contributed by atoms with Gasteiger partial charge in [0.05, 0.1) is 0 Å². The van der Waals surface area contributed by atoms with E-state index in [-0.39, 0.29) is 14.0 Å². The molecule has 0 aliphatic carbocycles. The molecule has 0 aromatic carbocycles. The molecule has 1 aliphatic heterocycles. The Morgan fingerprint density at radius 3 is 2.80 bits per heavy atom. The Morgan fingerprint density at radius 2 is 2.40 bits per heavy atom. The van der Waals surface area contributed by atoms with Crippen LogP contribution < -0.4 is 0 Å². The molecule has 1 atom stereocenters. The van der Waals surface area contributed by atoms with Gasteiger partial charge in [-0.05, 0) is 13.3 Å². The minimum absolute atomic E-state index is 0.0122. The molecule has 1 saturated heterocycles. The SMILES string of the molecule is CP(C)CC1COC(=O)O1. The number of ether oxygens (including phenoxy) is 2. The molecule has 0 amide bonds. The van der Waals surface area contributed by atoms with Crippen LogP contribution in [0.25, 0.3) is 0 Å². The Kier molecular flexibility index (Phi) is 2.50. The number of carbonyl (C=O) groups is 1. The first-order valence-corrected chi connectivity index (χ1v) is 5.59. The maximum Gasteiger partial charge on any atom is 0.508 e. The van der Waals surface area contributed by atoms with Gasteiger partial charge >= 0.3 is 6.16 Å². The van der Waals surface area contributed by atoms with Gasteiger partial charge in [0.2, 0.25) is 0 Å². The molecule has 1 heterocycles. The van der Waals surface area contributed by atoms with Gasteiger partial charge in [-0.25, -0.2) is 4.79 Å². The van der Waals surface area contributed by atoms with E-state index in [1.807, 2.05) is 0 Å². The Labute approximate surface area is 61.4 Å². The standard InChI is InChI=1S/C6H11O3P/c1-10(2)4-5-3-8-6(7)9-5/h5H,3-4H2,1-2H3. The van der Waals surface area contributed by atoms with E-state index in [1.165, 1.54) is 0 Å². The van der Waals surface area contributed by atoms with Gasteiger partial charge in [0.25, 0.3) is 0 Å². The number of hydrogen-bond donors (Lipinski definition) is 0. The third-order valence-corrected chi connectivity index (χ3v) is 2.36. The van der Waals surface area contributed by atoms with Crippen molar-refractivity contribution in [1.29, 1.82) is 0 Å². The first kappa shape index (κ1) is 7.80. The van der Waals surface area contributed by atoms with Crippen molar-refractivity contribution in [3.05, 3.63) is 0 Å². The Bertz CT molecular complexity index is 135. The van der Waals surface area contributed by atoms with Crippen LogP contribution in [-0.4, -0.2) is 38.4 Å². The van der Waals surface area contributed by atoms with Crippen LogP contribution in [0.3, 0.4) is 0 Å². The van der Waals surface area contributed by atoms with E-state index in [1.54, 1.807) is 0 Å². The molecule has 1 fully saturated rings. The molecule has 10 heavy (non-hydrogen) atoms. The van der Waals surface area contributed by atoms with Crippen LogP contribution in [-0.2, 0) is 9.47 Å². The van der Waals surface area contributed by atoms with Gasteiger partial charge in [0.15, 0.2) is 0 Å². The molecule has 3 nitrogen and oxygen atoms in total. The van der Waals surface area contributed by atoms with Crippen LogP contribution >= 0.6 is 7.92 Å². The van der Waals surface area contributed by atoms with Crippen LogP contribution in [0.5, 0.6) is 0 Å². The fourth-order valence-electron chi connectivity index (χ4n) is 0.862. The predicted octanol–water partition coefficient (Wildman–Crippen LogP) is 1.26. The van der Waals surface area contributed by atoms with E-state index in [2.05, 4.69) is 18.1 Å². The van der Waals surface area contributed by atoms with Gasteiger partial charge in [0.1, 0.15) is 12.7 Å². The van der Waals surface area contributed by atoms with Crippen LogP contribution in [0.4, 0.5) is 4.79 Å². The molecule has 1 rings (SSSR count). The lowest BCUT2D eigenvalue weighted by molar-refractivity contribution is 0.122. The number of rotatable bonds is 2. The van der Waals surface area contributed by atoms with E-state index in [4.69, 9.17) is 4.74 Å². The highest BCUT2D eigenvalue weighted by Gasteiger charge is 2.25. The van der Waals surface area contributed by atoms with Crippen LogP contribution in [0.2, 0.25) is 0 Å². The average molecular weight is 162 g/mol. The number of cyclic esters (lactones) is 2. The Balaban J connectivity index is 2.24. The number of carbonyl (C=O) groups excluding carboxylic acids is 1. The van der Waals surface area contributed by atoms with Crippen molar-refractivity contribution in [2.75, 3.05) is 26.1 Å². The smallest absolute Gasteiger partial charge is 0.430 e. The summed E-state index contributed by atoms with van der Waals surface area (Å²) in [4.78, 5) is 10.4. The lowest BCUT2D eigenvalue weighted by atomic mass is 10.4. The second-order valence-electron chi connectivity index (χ2n) is 2.56. The first-order chi connectivity index (χ1) is 4.68. The molecule has 0 aromatic heterocycles. The molecule has 1 unspecified atom stereocenters. The monoisotopic (exact) mass is 162 g/mol. The summed E-state index contributed by atoms with van der Waals surface area (Å²) in [6.07, 6.45) is 0.469. The molecular weight excluding hydrogens is 151 g/mol. The van der Waals surface area contributed by atoms with Gasteiger partial charge in [-0.2, -0.15) is 0 Å².